The normalized spacial score (nSPS) is 13.8. The van der Waals surface area contributed by atoms with E-state index in [1.165, 1.54) is 10.9 Å². The smallest absolute Gasteiger partial charge is 0.417 e. The molecule has 2 amide bonds. The van der Waals surface area contributed by atoms with Crippen LogP contribution in [0.25, 0.3) is 22.8 Å². The second kappa shape index (κ2) is 8.74. The molecule has 0 radical (unpaired) electrons. The van der Waals surface area contributed by atoms with Crippen LogP contribution in [0.1, 0.15) is 11.3 Å². The average molecular weight is 485 g/mol. The minimum Gasteiger partial charge on any atom is -0.471 e. The lowest BCUT2D eigenvalue weighted by Crippen LogP contribution is -2.27. The summed E-state index contributed by atoms with van der Waals surface area (Å²) in [4.78, 5) is 21.8. The molecule has 4 heterocycles. The molecule has 1 aliphatic rings. The molecule has 1 fully saturated rings. The van der Waals surface area contributed by atoms with Crippen LogP contribution in [0.3, 0.4) is 0 Å². The number of carbonyl (C=O) groups excluding carboxylic acids is 1. The highest BCUT2D eigenvalue weighted by Crippen LogP contribution is 2.30. The standard InChI is InChI=1S/C22H18F3N7O3/c1-31-17(12-34-18-6-5-14(10-27-18)22(23,24)25)16(11-28-31)20-29-19(30-35-20)13-3-2-4-15(9-13)32-8-7-26-21(32)33/h2-6,9-11H,7-8,12H2,1H3,(H,26,33). The summed E-state index contributed by atoms with van der Waals surface area (Å²) < 4.78 is 50.7. The lowest BCUT2D eigenvalue weighted by molar-refractivity contribution is -0.137. The molecule has 3 aromatic heterocycles. The van der Waals surface area contributed by atoms with E-state index in [2.05, 4.69) is 25.5 Å². The number of amides is 2. The molecule has 13 heteroatoms. The topological polar surface area (TPSA) is 111 Å². The predicted octanol–water partition coefficient (Wildman–Crippen LogP) is 3.66. The largest absolute Gasteiger partial charge is 0.471 e. The van der Waals surface area contributed by atoms with Gasteiger partial charge in [-0.15, -0.1) is 0 Å². The van der Waals surface area contributed by atoms with E-state index < -0.39 is 11.7 Å². The lowest BCUT2D eigenvalue weighted by atomic mass is 10.2. The molecule has 0 unspecified atom stereocenters. The number of hydrogen-bond acceptors (Lipinski definition) is 7. The molecule has 0 bridgehead atoms. The van der Waals surface area contributed by atoms with Gasteiger partial charge in [0.25, 0.3) is 5.89 Å². The third-order valence-corrected chi connectivity index (χ3v) is 5.41. The number of hydrogen-bond donors (Lipinski definition) is 1. The maximum absolute atomic E-state index is 12.7. The maximum atomic E-state index is 12.7. The van der Waals surface area contributed by atoms with Crippen molar-refractivity contribution in [3.05, 3.63) is 60.0 Å². The zero-order chi connectivity index (χ0) is 24.6. The molecule has 0 aliphatic carbocycles. The first-order valence-corrected chi connectivity index (χ1v) is 10.5. The average Bonchev–Trinajstić information content (AvgIpc) is 3.57. The Labute approximate surface area is 196 Å². The molecule has 35 heavy (non-hydrogen) atoms. The van der Waals surface area contributed by atoms with E-state index in [1.54, 1.807) is 30.1 Å². The van der Waals surface area contributed by atoms with E-state index in [0.717, 1.165) is 12.1 Å². The number of nitrogens with zero attached hydrogens (tertiary/aromatic N) is 6. The van der Waals surface area contributed by atoms with Crippen LogP contribution in [-0.4, -0.2) is 44.0 Å². The van der Waals surface area contributed by atoms with Gasteiger partial charge >= 0.3 is 12.2 Å². The van der Waals surface area contributed by atoms with Crippen molar-refractivity contribution in [1.29, 1.82) is 0 Å². The first kappa shape index (κ1) is 22.4. The predicted molar refractivity (Wildman–Crippen MR) is 116 cm³/mol. The molecule has 1 saturated heterocycles. The number of urea groups is 1. The summed E-state index contributed by atoms with van der Waals surface area (Å²) in [5.74, 6) is 0.539. The van der Waals surface area contributed by atoms with Gasteiger partial charge in [-0.3, -0.25) is 9.58 Å². The lowest BCUT2D eigenvalue weighted by Gasteiger charge is -2.14. The van der Waals surface area contributed by atoms with Crippen molar-refractivity contribution in [1.82, 2.24) is 30.2 Å². The molecule has 180 valence electrons. The molecular formula is C22H18F3N7O3. The summed E-state index contributed by atoms with van der Waals surface area (Å²) in [5.41, 5.74) is 1.58. The summed E-state index contributed by atoms with van der Waals surface area (Å²) in [6, 6.07) is 9.10. The fourth-order valence-corrected chi connectivity index (χ4v) is 3.57. The molecule has 10 nitrogen and oxygen atoms in total. The van der Waals surface area contributed by atoms with Crippen LogP contribution in [0.5, 0.6) is 5.88 Å². The summed E-state index contributed by atoms with van der Waals surface area (Å²) in [7, 11) is 1.68. The van der Waals surface area contributed by atoms with Gasteiger partial charge in [0.05, 0.1) is 23.0 Å². The van der Waals surface area contributed by atoms with Crippen molar-refractivity contribution >= 4 is 11.7 Å². The zero-order valence-electron chi connectivity index (χ0n) is 18.3. The number of pyridine rings is 1. The van der Waals surface area contributed by atoms with Crippen LogP contribution in [0.15, 0.2) is 53.3 Å². The van der Waals surface area contributed by atoms with E-state index in [1.807, 2.05) is 6.07 Å². The molecule has 0 atom stereocenters. The van der Waals surface area contributed by atoms with Gasteiger partial charge in [0.15, 0.2) is 0 Å². The molecule has 0 saturated carbocycles. The van der Waals surface area contributed by atoms with Crippen molar-refractivity contribution in [3.8, 4) is 28.7 Å². The maximum Gasteiger partial charge on any atom is 0.417 e. The zero-order valence-corrected chi connectivity index (χ0v) is 18.3. The van der Waals surface area contributed by atoms with Crippen LogP contribution in [0.4, 0.5) is 23.7 Å². The third kappa shape index (κ3) is 4.52. The molecule has 0 spiro atoms. The van der Waals surface area contributed by atoms with Crippen molar-refractivity contribution in [2.45, 2.75) is 12.8 Å². The van der Waals surface area contributed by atoms with Crippen molar-refractivity contribution in [2.24, 2.45) is 7.05 Å². The molecular weight excluding hydrogens is 467 g/mol. The number of carbonyl (C=O) groups is 1. The second-order valence-electron chi connectivity index (χ2n) is 7.66. The number of rotatable bonds is 6. The van der Waals surface area contributed by atoms with Gasteiger partial charge in [-0.25, -0.2) is 9.78 Å². The van der Waals surface area contributed by atoms with E-state index in [-0.39, 0.29) is 24.4 Å². The minimum absolute atomic E-state index is 0.0270. The highest BCUT2D eigenvalue weighted by atomic mass is 19.4. The summed E-state index contributed by atoms with van der Waals surface area (Å²) in [5, 5.41) is 11.0. The monoisotopic (exact) mass is 485 g/mol. The first-order valence-electron chi connectivity index (χ1n) is 10.5. The van der Waals surface area contributed by atoms with E-state index >= 15 is 0 Å². The fourth-order valence-electron chi connectivity index (χ4n) is 3.57. The number of alkyl halides is 3. The van der Waals surface area contributed by atoms with Crippen LogP contribution < -0.4 is 15.0 Å². The van der Waals surface area contributed by atoms with E-state index in [9.17, 15) is 18.0 Å². The van der Waals surface area contributed by atoms with Gasteiger partial charge in [0, 0.05) is 43.7 Å². The Morgan fingerprint density at radius 3 is 2.77 bits per heavy atom. The van der Waals surface area contributed by atoms with Crippen molar-refractivity contribution < 1.29 is 27.2 Å². The highest BCUT2D eigenvalue weighted by Gasteiger charge is 2.30. The summed E-state index contributed by atoms with van der Waals surface area (Å²) in [6.45, 7) is 1.09. The number of aryl methyl sites for hydroxylation is 1. The highest BCUT2D eigenvalue weighted by molar-refractivity contribution is 5.94. The Morgan fingerprint density at radius 2 is 2.06 bits per heavy atom. The summed E-state index contributed by atoms with van der Waals surface area (Å²) in [6.07, 6.45) is -2.23. The van der Waals surface area contributed by atoms with Crippen molar-refractivity contribution in [2.75, 3.05) is 18.0 Å². The van der Waals surface area contributed by atoms with Crippen LogP contribution >= 0.6 is 0 Å². The van der Waals surface area contributed by atoms with Crippen molar-refractivity contribution in [3.63, 3.8) is 0 Å². The van der Waals surface area contributed by atoms with Gasteiger partial charge in [-0.1, -0.05) is 17.3 Å². The molecule has 1 aliphatic heterocycles. The Hall–Kier alpha value is -4.42. The Kier molecular flexibility index (Phi) is 5.59. The Morgan fingerprint density at radius 1 is 1.20 bits per heavy atom. The quantitative estimate of drug-likeness (QED) is 0.444. The van der Waals surface area contributed by atoms with Gasteiger partial charge in [0.1, 0.15) is 6.61 Å². The van der Waals surface area contributed by atoms with E-state index in [0.29, 0.717) is 47.6 Å². The molecule has 5 rings (SSSR count). The van der Waals surface area contributed by atoms with Crippen LogP contribution in [0, 0.1) is 0 Å². The third-order valence-electron chi connectivity index (χ3n) is 5.41. The minimum atomic E-state index is -4.48. The number of benzene rings is 1. The number of aromatic nitrogens is 5. The number of halogens is 3. The van der Waals surface area contributed by atoms with Crippen LogP contribution in [-0.2, 0) is 19.8 Å². The van der Waals surface area contributed by atoms with E-state index in [4.69, 9.17) is 9.26 Å². The fraction of sp³-hybridized carbons (Fsp3) is 0.227. The van der Waals surface area contributed by atoms with Gasteiger partial charge in [-0.2, -0.15) is 23.3 Å². The molecule has 1 N–H and O–H groups in total. The van der Waals surface area contributed by atoms with Gasteiger partial charge < -0.3 is 14.6 Å². The molecule has 1 aromatic carbocycles. The number of anilines is 1. The SMILES string of the molecule is Cn1ncc(-c2nc(-c3cccc(N4CCNC4=O)c3)no2)c1COc1ccc(C(F)(F)F)cn1. The Balaban J connectivity index is 1.35. The van der Waals surface area contributed by atoms with Crippen LogP contribution in [0.2, 0.25) is 0 Å². The molecule has 4 aromatic rings. The number of nitrogens with one attached hydrogen (secondary N) is 1. The summed E-state index contributed by atoms with van der Waals surface area (Å²) >= 11 is 0. The van der Waals surface area contributed by atoms with Gasteiger partial charge in [0.2, 0.25) is 11.7 Å². The Bertz CT molecular complexity index is 1370. The number of ether oxygens (including phenoxy) is 1. The van der Waals surface area contributed by atoms with Gasteiger partial charge in [-0.05, 0) is 18.2 Å². The first-order chi connectivity index (χ1) is 16.8. The second-order valence-corrected chi connectivity index (χ2v) is 7.66.